The van der Waals surface area contributed by atoms with Gasteiger partial charge in [0.25, 0.3) is 0 Å². The highest BCUT2D eigenvalue weighted by molar-refractivity contribution is 6.07. The quantitative estimate of drug-likeness (QED) is 0.770. The Labute approximate surface area is 144 Å². The van der Waals surface area contributed by atoms with E-state index in [-0.39, 0.29) is 24.0 Å². The number of nitrogens with zero attached hydrogens (tertiary/aromatic N) is 1. The Balaban J connectivity index is 1.60. The second-order valence-electron chi connectivity index (χ2n) is 6.93. The van der Waals surface area contributed by atoms with Gasteiger partial charge in [0, 0.05) is 50.0 Å². The van der Waals surface area contributed by atoms with E-state index in [1.165, 1.54) is 6.07 Å². The van der Waals surface area contributed by atoms with Crippen molar-refractivity contribution >= 4 is 23.3 Å². The van der Waals surface area contributed by atoms with Gasteiger partial charge in [0.05, 0.1) is 5.69 Å². The minimum atomic E-state index is -0.511. The molecule has 1 aromatic carbocycles. The van der Waals surface area contributed by atoms with Gasteiger partial charge >= 0.3 is 0 Å². The van der Waals surface area contributed by atoms with Crippen molar-refractivity contribution in [3.63, 3.8) is 0 Å². The summed E-state index contributed by atoms with van der Waals surface area (Å²) in [5.41, 5.74) is 1.71. The van der Waals surface area contributed by atoms with Crippen molar-refractivity contribution in [3.8, 4) is 0 Å². The molecule has 2 aliphatic heterocycles. The van der Waals surface area contributed by atoms with E-state index in [0.29, 0.717) is 24.1 Å². The van der Waals surface area contributed by atoms with Crippen LogP contribution in [0.4, 0.5) is 10.1 Å². The lowest BCUT2D eigenvalue weighted by Crippen LogP contribution is -2.44. The molecular weight excluding hydrogens is 325 g/mol. The van der Waals surface area contributed by atoms with Crippen molar-refractivity contribution < 1.29 is 18.8 Å². The molecule has 25 heavy (non-hydrogen) atoms. The van der Waals surface area contributed by atoms with Gasteiger partial charge < -0.3 is 10.2 Å². The molecule has 1 aliphatic carbocycles. The van der Waals surface area contributed by atoms with Crippen molar-refractivity contribution in [1.29, 1.82) is 0 Å². The smallest absolute Gasteiger partial charge is 0.230 e. The fourth-order valence-electron chi connectivity index (χ4n) is 4.10. The summed E-state index contributed by atoms with van der Waals surface area (Å²) in [5.74, 6) is -2.27. The van der Waals surface area contributed by atoms with Gasteiger partial charge in [-0.15, -0.1) is 0 Å². The lowest BCUT2D eigenvalue weighted by atomic mass is 9.83. The monoisotopic (exact) mass is 345 g/mol. The fraction of sp³-hybridized carbons (Fsp3) is 0.500. The number of piperazine rings is 1. The summed E-state index contributed by atoms with van der Waals surface area (Å²) >= 11 is 0. The number of ketones is 1. The van der Waals surface area contributed by atoms with Crippen molar-refractivity contribution in [2.24, 2.45) is 11.8 Å². The largest absolute Gasteiger partial charge is 0.367 e. The molecule has 0 bridgehead atoms. The first-order valence-corrected chi connectivity index (χ1v) is 8.70. The van der Waals surface area contributed by atoms with Crippen LogP contribution in [0, 0.1) is 17.7 Å². The summed E-state index contributed by atoms with van der Waals surface area (Å²) in [7, 11) is 0. The summed E-state index contributed by atoms with van der Waals surface area (Å²) in [5, 5.41) is 5.54. The summed E-state index contributed by atoms with van der Waals surface area (Å²) in [6.07, 6.45) is 1.05. The van der Waals surface area contributed by atoms with Crippen LogP contribution >= 0.6 is 0 Å². The van der Waals surface area contributed by atoms with Crippen LogP contribution in [-0.2, 0) is 16.0 Å². The number of carbonyl (C=O) groups is 3. The normalized spacial score (nSPS) is 26.6. The zero-order valence-corrected chi connectivity index (χ0v) is 13.8. The van der Waals surface area contributed by atoms with Crippen LogP contribution in [0.2, 0.25) is 0 Å². The maximum absolute atomic E-state index is 14.6. The van der Waals surface area contributed by atoms with E-state index < -0.39 is 17.7 Å². The van der Waals surface area contributed by atoms with Gasteiger partial charge in [-0.3, -0.25) is 19.7 Å². The van der Waals surface area contributed by atoms with Crippen LogP contribution in [0.5, 0.6) is 0 Å². The first-order chi connectivity index (χ1) is 12.0. The predicted octanol–water partition coefficient (Wildman–Crippen LogP) is 0.643. The van der Waals surface area contributed by atoms with Crippen molar-refractivity contribution in [2.75, 3.05) is 31.1 Å². The molecule has 1 aromatic rings. The number of halogens is 1. The number of carbonyl (C=O) groups excluding carboxylic acids is 3. The summed E-state index contributed by atoms with van der Waals surface area (Å²) < 4.78 is 14.6. The molecule has 0 radical (unpaired) electrons. The number of benzene rings is 1. The molecule has 2 heterocycles. The lowest BCUT2D eigenvalue weighted by Gasteiger charge is -2.30. The Morgan fingerprint density at radius 1 is 1.08 bits per heavy atom. The Morgan fingerprint density at radius 3 is 2.56 bits per heavy atom. The maximum atomic E-state index is 14.6. The maximum Gasteiger partial charge on any atom is 0.230 e. The van der Waals surface area contributed by atoms with Gasteiger partial charge in [-0.2, -0.15) is 0 Å². The molecule has 0 aromatic heterocycles. The molecule has 4 rings (SSSR count). The summed E-state index contributed by atoms with van der Waals surface area (Å²) in [6.45, 7) is 3.04. The van der Waals surface area contributed by atoms with E-state index in [4.69, 9.17) is 0 Å². The molecule has 1 unspecified atom stereocenters. The highest BCUT2D eigenvalue weighted by Gasteiger charge is 2.42. The topological polar surface area (TPSA) is 78.5 Å². The van der Waals surface area contributed by atoms with E-state index >= 15 is 0 Å². The first kappa shape index (κ1) is 16.2. The third-order valence-corrected chi connectivity index (χ3v) is 5.44. The number of piperidine rings is 1. The molecule has 132 valence electrons. The Bertz CT molecular complexity index is 758. The number of rotatable bonds is 2. The van der Waals surface area contributed by atoms with E-state index in [1.807, 2.05) is 4.90 Å². The molecule has 3 aliphatic rings. The minimum Gasteiger partial charge on any atom is -0.367 e. The van der Waals surface area contributed by atoms with Crippen LogP contribution < -0.4 is 15.5 Å². The molecule has 2 amide bonds. The number of amides is 2. The zero-order valence-electron chi connectivity index (χ0n) is 13.8. The highest BCUT2D eigenvalue weighted by Crippen LogP contribution is 2.37. The van der Waals surface area contributed by atoms with Crippen LogP contribution in [0.25, 0.3) is 0 Å². The Morgan fingerprint density at radius 2 is 1.84 bits per heavy atom. The van der Waals surface area contributed by atoms with Crippen LogP contribution in [0.15, 0.2) is 12.1 Å². The lowest BCUT2D eigenvalue weighted by molar-refractivity contribution is -0.137. The van der Waals surface area contributed by atoms with E-state index in [1.54, 1.807) is 6.07 Å². The molecule has 6 nitrogen and oxygen atoms in total. The zero-order chi connectivity index (χ0) is 17.6. The van der Waals surface area contributed by atoms with E-state index in [0.717, 1.165) is 31.7 Å². The van der Waals surface area contributed by atoms with Crippen molar-refractivity contribution in [1.82, 2.24) is 10.6 Å². The molecule has 7 heteroatoms. The van der Waals surface area contributed by atoms with Gasteiger partial charge in [0.2, 0.25) is 11.8 Å². The van der Waals surface area contributed by atoms with Crippen LogP contribution in [-0.4, -0.2) is 43.8 Å². The molecule has 2 saturated heterocycles. The van der Waals surface area contributed by atoms with Gasteiger partial charge in [-0.25, -0.2) is 4.39 Å². The molecular formula is C18H20FN3O3. The number of hydrogen-bond acceptors (Lipinski definition) is 5. The number of hydrogen-bond donors (Lipinski definition) is 2. The van der Waals surface area contributed by atoms with Gasteiger partial charge in [-0.05, 0) is 30.5 Å². The molecule has 0 spiro atoms. The van der Waals surface area contributed by atoms with E-state index in [9.17, 15) is 18.8 Å². The molecule has 2 fully saturated rings. The predicted molar refractivity (Wildman–Crippen MR) is 88.9 cm³/mol. The summed E-state index contributed by atoms with van der Waals surface area (Å²) in [6, 6.07) is 3.08. The third kappa shape index (κ3) is 2.82. The van der Waals surface area contributed by atoms with Crippen LogP contribution in [0.1, 0.15) is 28.8 Å². The Hall–Kier alpha value is -2.28. The number of nitrogens with one attached hydrogen (secondary N) is 2. The number of fused-ring (bicyclic) bond motifs is 1. The van der Waals surface area contributed by atoms with E-state index in [2.05, 4.69) is 10.6 Å². The number of Topliss-reactive ketones (excluding diaryl/α,β-unsaturated/α-hetero) is 1. The Kier molecular flexibility index (Phi) is 4.03. The standard InChI is InChI=1S/C18H20FN3O3/c19-14-9-12-10(8-15(14)22-5-3-20-4-6-22)7-13(17(12)24)11-1-2-16(23)21-18(11)25/h8-9,11,13,20H,1-7H2,(H,21,23,25)/t11-,13?/m1/s1. The van der Waals surface area contributed by atoms with Crippen molar-refractivity contribution in [2.45, 2.75) is 19.3 Å². The SMILES string of the molecule is O=C1CC[C@H](C2Cc3cc(N4CCNCC4)c(F)cc3C2=O)C(=O)N1. The van der Waals surface area contributed by atoms with Gasteiger partial charge in [0.1, 0.15) is 5.82 Å². The van der Waals surface area contributed by atoms with Gasteiger partial charge in [-0.1, -0.05) is 0 Å². The third-order valence-electron chi connectivity index (χ3n) is 5.44. The molecule has 0 saturated carbocycles. The average Bonchev–Trinajstić information content (AvgIpc) is 2.91. The number of imide groups is 1. The van der Waals surface area contributed by atoms with Crippen molar-refractivity contribution in [3.05, 3.63) is 29.1 Å². The minimum absolute atomic E-state index is 0.185. The summed E-state index contributed by atoms with van der Waals surface area (Å²) in [4.78, 5) is 38.1. The molecule has 2 N–H and O–H groups in total. The second-order valence-corrected chi connectivity index (χ2v) is 6.93. The number of anilines is 1. The fourth-order valence-corrected chi connectivity index (χ4v) is 4.10. The first-order valence-electron chi connectivity index (χ1n) is 8.70. The van der Waals surface area contributed by atoms with Gasteiger partial charge in [0.15, 0.2) is 5.78 Å². The molecule has 2 atom stereocenters. The average molecular weight is 345 g/mol. The highest BCUT2D eigenvalue weighted by atomic mass is 19.1. The van der Waals surface area contributed by atoms with Crippen LogP contribution in [0.3, 0.4) is 0 Å². The second kappa shape index (κ2) is 6.22.